The summed E-state index contributed by atoms with van der Waals surface area (Å²) in [5.74, 6) is 0.690. The SMILES string of the molecule is CNCc1ccc2nc(-c3ccccc3C)oc2c1. The molecule has 96 valence electrons. The van der Waals surface area contributed by atoms with Gasteiger partial charge >= 0.3 is 0 Å². The summed E-state index contributed by atoms with van der Waals surface area (Å²) in [6.07, 6.45) is 0. The topological polar surface area (TPSA) is 38.1 Å². The summed E-state index contributed by atoms with van der Waals surface area (Å²) in [5.41, 5.74) is 5.16. The van der Waals surface area contributed by atoms with Crippen LogP contribution >= 0.6 is 0 Å². The van der Waals surface area contributed by atoms with Crippen molar-refractivity contribution in [2.45, 2.75) is 13.5 Å². The van der Waals surface area contributed by atoms with Crippen molar-refractivity contribution in [3.05, 3.63) is 53.6 Å². The molecule has 0 unspecified atom stereocenters. The molecule has 0 aliphatic rings. The second-order valence-corrected chi connectivity index (χ2v) is 4.67. The molecule has 0 aliphatic carbocycles. The highest BCUT2D eigenvalue weighted by Gasteiger charge is 2.10. The average molecular weight is 252 g/mol. The van der Waals surface area contributed by atoms with Crippen molar-refractivity contribution in [2.75, 3.05) is 7.05 Å². The number of fused-ring (bicyclic) bond motifs is 1. The van der Waals surface area contributed by atoms with Crippen LogP contribution in [-0.4, -0.2) is 12.0 Å². The van der Waals surface area contributed by atoms with Crippen LogP contribution in [0, 0.1) is 6.92 Å². The minimum Gasteiger partial charge on any atom is -0.436 e. The fourth-order valence-corrected chi connectivity index (χ4v) is 2.21. The van der Waals surface area contributed by atoms with E-state index in [0.717, 1.165) is 23.2 Å². The van der Waals surface area contributed by atoms with Crippen LogP contribution in [0.2, 0.25) is 0 Å². The van der Waals surface area contributed by atoms with Gasteiger partial charge in [-0.05, 0) is 43.3 Å². The molecule has 2 aromatic carbocycles. The molecule has 3 aromatic rings. The number of hydrogen-bond donors (Lipinski definition) is 1. The molecule has 0 radical (unpaired) electrons. The molecule has 0 amide bonds. The molecule has 0 fully saturated rings. The third-order valence-corrected chi connectivity index (χ3v) is 3.21. The third kappa shape index (κ3) is 2.25. The fourth-order valence-electron chi connectivity index (χ4n) is 2.21. The van der Waals surface area contributed by atoms with Gasteiger partial charge in [0.15, 0.2) is 5.58 Å². The predicted octanol–water partition coefficient (Wildman–Crippen LogP) is 3.52. The van der Waals surface area contributed by atoms with E-state index >= 15 is 0 Å². The van der Waals surface area contributed by atoms with E-state index < -0.39 is 0 Å². The molecule has 3 heteroatoms. The number of benzene rings is 2. The van der Waals surface area contributed by atoms with E-state index in [1.165, 1.54) is 11.1 Å². The van der Waals surface area contributed by atoms with Gasteiger partial charge in [0.2, 0.25) is 5.89 Å². The largest absolute Gasteiger partial charge is 0.436 e. The van der Waals surface area contributed by atoms with Gasteiger partial charge in [-0.25, -0.2) is 4.98 Å². The molecular formula is C16H16N2O. The molecule has 0 atom stereocenters. The Morgan fingerprint density at radius 1 is 1.16 bits per heavy atom. The standard InChI is InChI=1S/C16H16N2O/c1-11-5-3-4-6-13(11)16-18-14-8-7-12(10-17-2)9-15(14)19-16/h3-9,17H,10H2,1-2H3. The van der Waals surface area contributed by atoms with Crippen LogP contribution in [0.25, 0.3) is 22.6 Å². The predicted molar refractivity (Wildman–Crippen MR) is 76.9 cm³/mol. The lowest BCUT2D eigenvalue weighted by Crippen LogP contribution is -2.04. The Labute approximate surface area is 112 Å². The van der Waals surface area contributed by atoms with E-state index in [2.05, 4.69) is 29.4 Å². The lowest BCUT2D eigenvalue weighted by Gasteiger charge is -1.99. The second kappa shape index (κ2) is 4.86. The number of hydrogen-bond acceptors (Lipinski definition) is 3. The minimum absolute atomic E-state index is 0.690. The first-order valence-electron chi connectivity index (χ1n) is 6.38. The van der Waals surface area contributed by atoms with Crippen molar-refractivity contribution in [3.63, 3.8) is 0 Å². The Balaban J connectivity index is 2.09. The first kappa shape index (κ1) is 11.9. The first-order valence-corrected chi connectivity index (χ1v) is 6.38. The van der Waals surface area contributed by atoms with Crippen molar-refractivity contribution in [2.24, 2.45) is 0 Å². The lowest BCUT2D eigenvalue weighted by atomic mass is 10.1. The monoisotopic (exact) mass is 252 g/mol. The molecule has 3 nitrogen and oxygen atoms in total. The molecule has 0 spiro atoms. The Morgan fingerprint density at radius 3 is 2.79 bits per heavy atom. The van der Waals surface area contributed by atoms with Gasteiger partial charge in [-0.2, -0.15) is 0 Å². The van der Waals surface area contributed by atoms with Crippen molar-refractivity contribution in [1.29, 1.82) is 0 Å². The van der Waals surface area contributed by atoms with Crippen LogP contribution < -0.4 is 5.32 Å². The second-order valence-electron chi connectivity index (χ2n) is 4.67. The van der Waals surface area contributed by atoms with Crippen molar-refractivity contribution < 1.29 is 4.42 Å². The number of aryl methyl sites for hydroxylation is 1. The molecule has 0 saturated heterocycles. The Bertz CT molecular complexity index is 716. The van der Waals surface area contributed by atoms with Crippen LogP contribution in [0.3, 0.4) is 0 Å². The van der Waals surface area contributed by atoms with E-state index in [9.17, 15) is 0 Å². The van der Waals surface area contributed by atoms with Crippen LogP contribution in [0.5, 0.6) is 0 Å². The zero-order chi connectivity index (χ0) is 13.2. The van der Waals surface area contributed by atoms with Gasteiger partial charge in [0.1, 0.15) is 5.52 Å². The fraction of sp³-hybridized carbons (Fsp3) is 0.188. The molecule has 1 N–H and O–H groups in total. The molecule has 0 aliphatic heterocycles. The van der Waals surface area contributed by atoms with Crippen LogP contribution in [-0.2, 0) is 6.54 Å². The molecule has 19 heavy (non-hydrogen) atoms. The maximum atomic E-state index is 5.88. The first-order chi connectivity index (χ1) is 9.28. The Hall–Kier alpha value is -2.13. The maximum Gasteiger partial charge on any atom is 0.227 e. The highest BCUT2D eigenvalue weighted by atomic mass is 16.3. The normalized spacial score (nSPS) is 11.1. The molecule has 0 bridgehead atoms. The van der Waals surface area contributed by atoms with Gasteiger partial charge in [0, 0.05) is 12.1 Å². The van der Waals surface area contributed by atoms with E-state index in [1.54, 1.807) is 0 Å². The number of oxazole rings is 1. The summed E-state index contributed by atoms with van der Waals surface area (Å²) >= 11 is 0. The van der Waals surface area contributed by atoms with E-state index in [0.29, 0.717) is 5.89 Å². The highest BCUT2D eigenvalue weighted by Crippen LogP contribution is 2.27. The summed E-state index contributed by atoms with van der Waals surface area (Å²) < 4.78 is 5.88. The van der Waals surface area contributed by atoms with Crippen LogP contribution in [0.4, 0.5) is 0 Å². The highest BCUT2D eigenvalue weighted by molar-refractivity contribution is 5.77. The molecule has 0 saturated carbocycles. The minimum atomic E-state index is 0.690. The number of nitrogens with zero attached hydrogens (tertiary/aromatic N) is 1. The van der Waals surface area contributed by atoms with Gasteiger partial charge in [-0.3, -0.25) is 0 Å². The van der Waals surface area contributed by atoms with Crippen LogP contribution in [0.15, 0.2) is 46.9 Å². The summed E-state index contributed by atoms with van der Waals surface area (Å²) in [5, 5.41) is 3.13. The average Bonchev–Trinajstić information content (AvgIpc) is 2.82. The lowest BCUT2D eigenvalue weighted by molar-refractivity contribution is 0.618. The van der Waals surface area contributed by atoms with E-state index in [4.69, 9.17) is 4.42 Å². The summed E-state index contributed by atoms with van der Waals surface area (Å²) in [7, 11) is 1.93. The van der Waals surface area contributed by atoms with E-state index in [1.807, 2.05) is 37.4 Å². The van der Waals surface area contributed by atoms with E-state index in [-0.39, 0.29) is 0 Å². The third-order valence-electron chi connectivity index (χ3n) is 3.21. The van der Waals surface area contributed by atoms with Gasteiger partial charge in [-0.15, -0.1) is 0 Å². The molecular weight excluding hydrogens is 236 g/mol. The summed E-state index contributed by atoms with van der Waals surface area (Å²) in [4.78, 5) is 4.56. The van der Waals surface area contributed by atoms with Crippen molar-refractivity contribution in [1.82, 2.24) is 10.3 Å². The smallest absolute Gasteiger partial charge is 0.227 e. The number of aromatic nitrogens is 1. The molecule has 1 heterocycles. The van der Waals surface area contributed by atoms with Gasteiger partial charge < -0.3 is 9.73 Å². The molecule has 1 aromatic heterocycles. The van der Waals surface area contributed by atoms with Crippen molar-refractivity contribution in [3.8, 4) is 11.5 Å². The quantitative estimate of drug-likeness (QED) is 0.775. The van der Waals surface area contributed by atoms with Gasteiger partial charge in [-0.1, -0.05) is 24.3 Å². The van der Waals surface area contributed by atoms with Gasteiger partial charge in [0.25, 0.3) is 0 Å². The number of nitrogens with one attached hydrogen (secondary N) is 1. The maximum absolute atomic E-state index is 5.88. The number of rotatable bonds is 3. The zero-order valence-electron chi connectivity index (χ0n) is 11.1. The summed E-state index contributed by atoms with van der Waals surface area (Å²) in [6, 6.07) is 14.2. The van der Waals surface area contributed by atoms with Crippen LogP contribution in [0.1, 0.15) is 11.1 Å². The Kier molecular flexibility index (Phi) is 3.05. The Morgan fingerprint density at radius 2 is 2.00 bits per heavy atom. The zero-order valence-corrected chi connectivity index (χ0v) is 11.1. The van der Waals surface area contributed by atoms with Gasteiger partial charge in [0.05, 0.1) is 0 Å². The molecule has 3 rings (SSSR count). The van der Waals surface area contributed by atoms with Crippen molar-refractivity contribution >= 4 is 11.1 Å². The summed E-state index contributed by atoms with van der Waals surface area (Å²) in [6.45, 7) is 2.90.